The van der Waals surface area contributed by atoms with Crippen LogP contribution in [-0.2, 0) is 4.79 Å². The lowest BCUT2D eigenvalue weighted by Gasteiger charge is -2.22. The molecule has 0 fully saturated rings. The number of aliphatic hydroxyl groups excluding tert-OH is 1. The van der Waals surface area contributed by atoms with E-state index in [1.54, 1.807) is 6.92 Å². The van der Waals surface area contributed by atoms with Crippen molar-refractivity contribution in [2.45, 2.75) is 52.7 Å². The van der Waals surface area contributed by atoms with Crippen LogP contribution in [0.4, 0.5) is 8.78 Å². The number of carbonyl (C=O) groups excluding carboxylic acids is 1. The Balaban J connectivity index is 2.59. The SMILES string of the molecule is CC(NC(=O)CCC(C)(C)C)C(O)c1ccc(F)c(F)c1. The Bertz CT molecular complexity index is 498. The highest BCUT2D eigenvalue weighted by Crippen LogP contribution is 2.22. The van der Waals surface area contributed by atoms with Crippen LogP contribution in [0.25, 0.3) is 0 Å². The summed E-state index contributed by atoms with van der Waals surface area (Å²) < 4.78 is 26.0. The maximum Gasteiger partial charge on any atom is 0.220 e. The predicted molar refractivity (Wildman–Crippen MR) is 77.6 cm³/mol. The molecule has 1 amide bonds. The molecule has 0 radical (unpaired) electrons. The number of hydrogen-bond acceptors (Lipinski definition) is 2. The highest BCUT2D eigenvalue weighted by atomic mass is 19.2. The van der Waals surface area contributed by atoms with Crippen LogP contribution in [0.2, 0.25) is 0 Å². The summed E-state index contributed by atoms with van der Waals surface area (Å²) in [4.78, 5) is 11.8. The highest BCUT2D eigenvalue weighted by molar-refractivity contribution is 5.76. The van der Waals surface area contributed by atoms with Gasteiger partial charge in [0, 0.05) is 6.42 Å². The molecule has 0 aromatic heterocycles. The van der Waals surface area contributed by atoms with E-state index < -0.39 is 23.8 Å². The zero-order valence-electron chi connectivity index (χ0n) is 12.9. The first-order valence-corrected chi connectivity index (χ1v) is 7.02. The number of amides is 1. The molecule has 118 valence electrons. The zero-order valence-corrected chi connectivity index (χ0v) is 12.9. The van der Waals surface area contributed by atoms with Gasteiger partial charge in [0.05, 0.1) is 12.1 Å². The quantitative estimate of drug-likeness (QED) is 0.876. The van der Waals surface area contributed by atoms with E-state index in [1.807, 2.05) is 20.8 Å². The van der Waals surface area contributed by atoms with Gasteiger partial charge in [0.1, 0.15) is 0 Å². The molecule has 0 aliphatic rings. The van der Waals surface area contributed by atoms with Crippen LogP contribution in [0.1, 0.15) is 52.2 Å². The van der Waals surface area contributed by atoms with E-state index in [2.05, 4.69) is 5.32 Å². The first-order chi connectivity index (χ1) is 9.60. The lowest BCUT2D eigenvalue weighted by molar-refractivity contribution is -0.123. The molecule has 0 saturated carbocycles. The molecule has 0 saturated heterocycles. The van der Waals surface area contributed by atoms with Crippen LogP contribution in [0.3, 0.4) is 0 Å². The van der Waals surface area contributed by atoms with Crippen LogP contribution in [0.15, 0.2) is 18.2 Å². The topological polar surface area (TPSA) is 49.3 Å². The second kappa shape index (κ2) is 6.98. The number of halogens is 2. The van der Waals surface area contributed by atoms with Gasteiger partial charge in [-0.1, -0.05) is 26.8 Å². The Morgan fingerprint density at radius 1 is 1.29 bits per heavy atom. The molecular weight excluding hydrogens is 276 g/mol. The molecule has 0 aliphatic carbocycles. The van der Waals surface area contributed by atoms with Crippen LogP contribution < -0.4 is 5.32 Å². The monoisotopic (exact) mass is 299 g/mol. The smallest absolute Gasteiger partial charge is 0.220 e. The minimum atomic E-state index is -1.08. The first-order valence-electron chi connectivity index (χ1n) is 7.02. The molecule has 0 heterocycles. The van der Waals surface area contributed by atoms with Gasteiger partial charge in [0.2, 0.25) is 5.91 Å². The second-order valence-electron chi connectivity index (χ2n) is 6.54. The Morgan fingerprint density at radius 3 is 2.43 bits per heavy atom. The van der Waals surface area contributed by atoms with Crippen molar-refractivity contribution in [2.75, 3.05) is 0 Å². The van der Waals surface area contributed by atoms with Crippen molar-refractivity contribution in [1.29, 1.82) is 0 Å². The summed E-state index contributed by atoms with van der Waals surface area (Å²) in [5.41, 5.74) is 0.289. The summed E-state index contributed by atoms with van der Waals surface area (Å²) >= 11 is 0. The summed E-state index contributed by atoms with van der Waals surface area (Å²) in [6.45, 7) is 7.75. The average Bonchev–Trinajstić information content (AvgIpc) is 2.38. The Labute approximate surface area is 124 Å². The van der Waals surface area contributed by atoms with Gasteiger partial charge >= 0.3 is 0 Å². The number of rotatable bonds is 5. The van der Waals surface area contributed by atoms with Crippen LogP contribution >= 0.6 is 0 Å². The molecular formula is C16H23F2NO2. The highest BCUT2D eigenvalue weighted by Gasteiger charge is 2.20. The van der Waals surface area contributed by atoms with Gasteiger partial charge in [-0.15, -0.1) is 0 Å². The van der Waals surface area contributed by atoms with E-state index in [0.29, 0.717) is 6.42 Å². The van der Waals surface area contributed by atoms with E-state index >= 15 is 0 Å². The molecule has 1 aromatic carbocycles. The third-order valence-electron chi connectivity index (χ3n) is 3.25. The maximum absolute atomic E-state index is 13.1. The fraction of sp³-hybridized carbons (Fsp3) is 0.562. The first kappa shape index (κ1) is 17.6. The van der Waals surface area contributed by atoms with Crippen LogP contribution in [-0.4, -0.2) is 17.1 Å². The third kappa shape index (κ3) is 5.79. The van der Waals surface area contributed by atoms with Crippen molar-refractivity contribution in [2.24, 2.45) is 5.41 Å². The molecule has 21 heavy (non-hydrogen) atoms. The van der Waals surface area contributed by atoms with Gasteiger partial charge in [-0.3, -0.25) is 4.79 Å². The minimum Gasteiger partial charge on any atom is -0.386 e. The number of carbonyl (C=O) groups is 1. The van der Waals surface area contributed by atoms with Gasteiger partial charge in [0.25, 0.3) is 0 Å². The number of aliphatic hydroxyl groups is 1. The summed E-state index contributed by atoms with van der Waals surface area (Å²) in [6.07, 6.45) is 0.00391. The minimum absolute atomic E-state index is 0.0548. The molecule has 0 bridgehead atoms. The number of hydrogen-bond donors (Lipinski definition) is 2. The zero-order chi connectivity index (χ0) is 16.2. The summed E-state index contributed by atoms with van der Waals surface area (Å²) in [5, 5.41) is 12.8. The second-order valence-corrected chi connectivity index (χ2v) is 6.54. The molecule has 0 spiro atoms. The van der Waals surface area contributed by atoms with Crippen molar-refractivity contribution in [3.63, 3.8) is 0 Å². The Morgan fingerprint density at radius 2 is 1.90 bits per heavy atom. The molecule has 3 nitrogen and oxygen atoms in total. The van der Waals surface area contributed by atoms with Crippen molar-refractivity contribution < 1.29 is 18.7 Å². The molecule has 2 N–H and O–H groups in total. The van der Waals surface area contributed by atoms with Crippen molar-refractivity contribution >= 4 is 5.91 Å². The summed E-state index contributed by atoms with van der Waals surface area (Å²) in [6, 6.07) is 2.63. The molecule has 2 atom stereocenters. The van der Waals surface area contributed by atoms with Crippen molar-refractivity contribution in [1.82, 2.24) is 5.32 Å². The summed E-state index contributed by atoms with van der Waals surface area (Å²) in [7, 11) is 0. The van der Waals surface area contributed by atoms with Gasteiger partial charge < -0.3 is 10.4 Å². The van der Waals surface area contributed by atoms with Crippen molar-refractivity contribution in [3.8, 4) is 0 Å². The van der Waals surface area contributed by atoms with E-state index in [-0.39, 0.29) is 16.9 Å². The summed E-state index contributed by atoms with van der Waals surface area (Å²) in [5.74, 6) is -2.15. The largest absolute Gasteiger partial charge is 0.386 e. The molecule has 1 rings (SSSR count). The number of benzene rings is 1. The average molecular weight is 299 g/mol. The Kier molecular flexibility index (Phi) is 5.84. The number of nitrogens with one attached hydrogen (secondary N) is 1. The van der Waals surface area contributed by atoms with Crippen LogP contribution in [0.5, 0.6) is 0 Å². The predicted octanol–water partition coefficient (Wildman–Crippen LogP) is 3.33. The lowest BCUT2D eigenvalue weighted by atomic mass is 9.90. The van der Waals surface area contributed by atoms with Gasteiger partial charge in [0.15, 0.2) is 11.6 Å². The van der Waals surface area contributed by atoms with E-state index in [4.69, 9.17) is 0 Å². The molecule has 0 aliphatic heterocycles. The van der Waals surface area contributed by atoms with Crippen molar-refractivity contribution in [3.05, 3.63) is 35.4 Å². The van der Waals surface area contributed by atoms with E-state index in [0.717, 1.165) is 18.6 Å². The molecule has 1 aromatic rings. The van der Waals surface area contributed by atoms with E-state index in [1.165, 1.54) is 6.07 Å². The van der Waals surface area contributed by atoms with E-state index in [9.17, 15) is 18.7 Å². The molecule has 2 unspecified atom stereocenters. The Hall–Kier alpha value is -1.49. The fourth-order valence-electron chi connectivity index (χ4n) is 1.88. The fourth-order valence-corrected chi connectivity index (χ4v) is 1.88. The molecule has 5 heteroatoms. The third-order valence-corrected chi connectivity index (χ3v) is 3.25. The maximum atomic E-state index is 13.1. The van der Waals surface area contributed by atoms with Gasteiger partial charge in [-0.05, 0) is 36.5 Å². The van der Waals surface area contributed by atoms with Crippen LogP contribution in [0, 0.1) is 17.0 Å². The van der Waals surface area contributed by atoms with Gasteiger partial charge in [-0.25, -0.2) is 8.78 Å². The normalized spacial score (nSPS) is 14.6. The standard InChI is InChI=1S/C16H23F2NO2/c1-10(19-14(20)7-8-16(2,3)4)15(21)11-5-6-12(17)13(18)9-11/h5-6,9-10,15,21H,7-8H2,1-4H3,(H,19,20). The van der Waals surface area contributed by atoms with Gasteiger partial charge in [-0.2, -0.15) is 0 Å². The lowest BCUT2D eigenvalue weighted by Crippen LogP contribution is -2.37.